The fraction of sp³-hybridized carbons (Fsp3) is 0.0435. The second kappa shape index (κ2) is 7.12. The Balaban J connectivity index is 1.75. The van der Waals surface area contributed by atoms with Gasteiger partial charge in [-0.25, -0.2) is 14.2 Å². The van der Waals surface area contributed by atoms with E-state index in [-0.39, 0.29) is 10.9 Å². The number of carboxylic acid groups (broad SMARTS) is 1. The maximum absolute atomic E-state index is 13.5. The van der Waals surface area contributed by atoms with Crippen LogP contribution in [0, 0.1) is 5.82 Å². The Bertz CT molecular complexity index is 1170. The van der Waals surface area contributed by atoms with E-state index in [4.69, 9.17) is 4.74 Å². The summed E-state index contributed by atoms with van der Waals surface area (Å²) >= 11 is 0. The number of halogens is 1. The van der Waals surface area contributed by atoms with E-state index in [1.165, 1.54) is 24.3 Å². The number of benzene rings is 3. The van der Waals surface area contributed by atoms with Crippen LogP contribution in [0.25, 0.3) is 33.3 Å². The summed E-state index contributed by atoms with van der Waals surface area (Å²) in [4.78, 5) is 16.1. The van der Waals surface area contributed by atoms with E-state index in [1.54, 1.807) is 7.11 Å². The van der Waals surface area contributed by atoms with Crippen LogP contribution in [0.15, 0.2) is 72.8 Å². The number of ether oxygens (including phenoxy) is 1. The van der Waals surface area contributed by atoms with Gasteiger partial charge in [0.2, 0.25) is 0 Å². The van der Waals surface area contributed by atoms with Crippen molar-refractivity contribution in [3.8, 4) is 28.1 Å². The molecule has 1 N–H and O–H groups in total. The minimum Gasteiger partial charge on any atom is -0.497 e. The molecule has 0 aliphatic heterocycles. The number of methoxy groups -OCH3 is 1. The van der Waals surface area contributed by atoms with Crippen molar-refractivity contribution in [3.05, 3.63) is 84.2 Å². The molecule has 138 valence electrons. The molecule has 1 heterocycles. The summed E-state index contributed by atoms with van der Waals surface area (Å²) < 4.78 is 18.7. The van der Waals surface area contributed by atoms with Crippen LogP contribution in [0.2, 0.25) is 0 Å². The SMILES string of the molecule is COc1ccc(-c2ccc(-c3cc(C(=O)O)c4cc(F)ccc4n3)cc2)cc1. The van der Waals surface area contributed by atoms with Gasteiger partial charge < -0.3 is 9.84 Å². The molecule has 3 aromatic carbocycles. The maximum atomic E-state index is 13.5. The van der Waals surface area contributed by atoms with Crippen molar-refractivity contribution in [2.45, 2.75) is 0 Å². The highest BCUT2D eigenvalue weighted by Gasteiger charge is 2.14. The van der Waals surface area contributed by atoms with Crippen molar-refractivity contribution in [3.63, 3.8) is 0 Å². The van der Waals surface area contributed by atoms with E-state index in [1.807, 2.05) is 48.5 Å². The molecule has 0 bridgehead atoms. The molecule has 4 rings (SSSR count). The molecule has 0 radical (unpaired) electrons. The van der Waals surface area contributed by atoms with Gasteiger partial charge in [0, 0.05) is 10.9 Å². The first-order valence-corrected chi connectivity index (χ1v) is 8.63. The molecule has 1 aromatic heterocycles. The van der Waals surface area contributed by atoms with Gasteiger partial charge in [-0.3, -0.25) is 0 Å². The lowest BCUT2D eigenvalue weighted by Gasteiger charge is -2.09. The van der Waals surface area contributed by atoms with Gasteiger partial charge in [0.1, 0.15) is 11.6 Å². The first-order chi connectivity index (χ1) is 13.5. The molecule has 0 atom stereocenters. The number of hydrogen-bond acceptors (Lipinski definition) is 3. The third-order valence-corrected chi connectivity index (χ3v) is 4.61. The number of carboxylic acids is 1. The summed E-state index contributed by atoms with van der Waals surface area (Å²) in [5.74, 6) is -0.819. The van der Waals surface area contributed by atoms with Gasteiger partial charge in [-0.2, -0.15) is 0 Å². The summed E-state index contributed by atoms with van der Waals surface area (Å²) in [6, 6.07) is 20.9. The van der Waals surface area contributed by atoms with Crippen LogP contribution >= 0.6 is 0 Å². The molecule has 4 aromatic rings. The first-order valence-electron chi connectivity index (χ1n) is 8.63. The lowest BCUT2D eigenvalue weighted by molar-refractivity contribution is 0.0699. The topological polar surface area (TPSA) is 59.4 Å². The van der Waals surface area contributed by atoms with E-state index in [2.05, 4.69) is 4.98 Å². The Labute approximate surface area is 160 Å². The van der Waals surface area contributed by atoms with Crippen molar-refractivity contribution in [2.75, 3.05) is 7.11 Å². The zero-order chi connectivity index (χ0) is 19.7. The average molecular weight is 373 g/mol. The molecular formula is C23H16FNO3. The highest BCUT2D eigenvalue weighted by Crippen LogP contribution is 2.28. The van der Waals surface area contributed by atoms with Crippen LogP contribution in [0.3, 0.4) is 0 Å². The normalized spacial score (nSPS) is 10.8. The van der Waals surface area contributed by atoms with Crippen LogP contribution in [-0.4, -0.2) is 23.2 Å². The highest BCUT2D eigenvalue weighted by atomic mass is 19.1. The van der Waals surface area contributed by atoms with Gasteiger partial charge in [-0.15, -0.1) is 0 Å². The Morgan fingerprint density at radius 3 is 2.11 bits per heavy atom. The molecule has 0 aliphatic carbocycles. The molecule has 5 heteroatoms. The maximum Gasteiger partial charge on any atom is 0.336 e. The van der Waals surface area contributed by atoms with Gasteiger partial charge in [-0.05, 0) is 47.5 Å². The van der Waals surface area contributed by atoms with Crippen molar-refractivity contribution < 1.29 is 19.0 Å². The molecule has 0 unspecified atom stereocenters. The molecule has 28 heavy (non-hydrogen) atoms. The molecule has 0 amide bonds. The number of carbonyl (C=O) groups is 1. The zero-order valence-corrected chi connectivity index (χ0v) is 15.0. The molecular weight excluding hydrogens is 357 g/mol. The van der Waals surface area contributed by atoms with Crippen molar-refractivity contribution in [1.29, 1.82) is 0 Å². The third-order valence-electron chi connectivity index (χ3n) is 4.61. The van der Waals surface area contributed by atoms with Crippen LogP contribution < -0.4 is 4.74 Å². The zero-order valence-electron chi connectivity index (χ0n) is 15.0. The van der Waals surface area contributed by atoms with Crippen LogP contribution in [-0.2, 0) is 0 Å². The molecule has 4 nitrogen and oxygen atoms in total. The largest absolute Gasteiger partial charge is 0.497 e. The Kier molecular flexibility index (Phi) is 4.49. The quantitative estimate of drug-likeness (QED) is 0.519. The van der Waals surface area contributed by atoms with E-state index < -0.39 is 11.8 Å². The number of nitrogens with zero attached hydrogens (tertiary/aromatic N) is 1. The van der Waals surface area contributed by atoms with Gasteiger partial charge in [0.25, 0.3) is 0 Å². The molecule has 0 spiro atoms. The van der Waals surface area contributed by atoms with Gasteiger partial charge in [-0.1, -0.05) is 36.4 Å². The standard InChI is InChI=1S/C23H16FNO3/c1-28-18-9-6-15(7-10-18)14-2-4-16(5-3-14)22-13-20(23(26)27)19-12-17(24)8-11-21(19)25-22/h2-13H,1H3,(H,26,27). The number of aromatic carboxylic acids is 1. The van der Waals surface area contributed by atoms with Gasteiger partial charge in [0.15, 0.2) is 0 Å². The number of aromatic nitrogens is 1. The van der Waals surface area contributed by atoms with E-state index in [0.717, 1.165) is 22.4 Å². The summed E-state index contributed by atoms with van der Waals surface area (Å²) in [6.07, 6.45) is 0. The number of fused-ring (bicyclic) bond motifs is 1. The Morgan fingerprint density at radius 1 is 0.893 bits per heavy atom. The average Bonchev–Trinajstić information content (AvgIpc) is 2.73. The first kappa shape index (κ1) is 17.7. The number of hydrogen-bond donors (Lipinski definition) is 1. The van der Waals surface area contributed by atoms with Crippen molar-refractivity contribution in [2.24, 2.45) is 0 Å². The third kappa shape index (κ3) is 3.30. The Morgan fingerprint density at radius 2 is 1.50 bits per heavy atom. The second-order valence-corrected chi connectivity index (χ2v) is 6.33. The van der Waals surface area contributed by atoms with Crippen LogP contribution in [0.5, 0.6) is 5.75 Å². The lowest BCUT2D eigenvalue weighted by Crippen LogP contribution is -2.00. The van der Waals surface area contributed by atoms with Gasteiger partial charge in [0.05, 0.1) is 23.9 Å². The predicted molar refractivity (Wildman–Crippen MR) is 106 cm³/mol. The summed E-state index contributed by atoms with van der Waals surface area (Å²) in [5, 5.41) is 9.80. The predicted octanol–water partition coefficient (Wildman–Crippen LogP) is 5.41. The highest BCUT2D eigenvalue weighted by molar-refractivity contribution is 6.03. The van der Waals surface area contributed by atoms with Crippen LogP contribution in [0.4, 0.5) is 4.39 Å². The Hall–Kier alpha value is -3.73. The van der Waals surface area contributed by atoms with E-state index >= 15 is 0 Å². The lowest BCUT2D eigenvalue weighted by atomic mass is 10.0. The fourth-order valence-corrected chi connectivity index (χ4v) is 3.14. The molecule has 0 aliphatic rings. The minimum atomic E-state index is -1.12. The molecule has 0 saturated carbocycles. The van der Waals surface area contributed by atoms with Gasteiger partial charge >= 0.3 is 5.97 Å². The monoisotopic (exact) mass is 373 g/mol. The fourth-order valence-electron chi connectivity index (χ4n) is 3.14. The molecule has 0 saturated heterocycles. The minimum absolute atomic E-state index is 0.0266. The summed E-state index contributed by atoms with van der Waals surface area (Å²) in [5.41, 5.74) is 3.84. The second-order valence-electron chi connectivity index (χ2n) is 6.33. The van der Waals surface area contributed by atoms with Crippen molar-refractivity contribution >= 4 is 16.9 Å². The van der Waals surface area contributed by atoms with E-state index in [0.29, 0.717) is 11.2 Å². The summed E-state index contributed by atoms with van der Waals surface area (Å²) in [6.45, 7) is 0. The van der Waals surface area contributed by atoms with Crippen LogP contribution in [0.1, 0.15) is 10.4 Å². The smallest absolute Gasteiger partial charge is 0.336 e. The van der Waals surface area contributed by atoms with E-state index in [9.17, 15) is 14.3 Å². The molecule has 0 fully saturated rings. The summed E-state index contributed by atoms with van der Waals surface area (Å²) in [7, 11) is 1.63. The van der Waals surface area contributed by atoms with Crippen molar-refractivity contribution in [1.82, 2.24) is 4.98 Å². The number of pyridine rings is 1. The number of rotatable bonds is 4.